The third-order valence-corrected chi connectivity index (χ3v) is 3.93. The second-order valence-corrected chi connectivity index (χ2v) is 5.81. The van der Waals surface area contributed by atoms with Gasteiger partial charge in [0.25, 0.3) is 0 Å². The monoisotopic (exact) mass is 314 g/mol. The van der Waals surface area contributed by atoms with Crippen molar-refractivity contribution in [3.8, 4) is 28.4 Å². The topological polar surface area (TPSA) is 49.7 Å². The lowest BCUT2D eigenvalue weighted by atomic mass is 10.0. The van der Waals surface area contributed by atoms with Crippen LogP contribution in [0.4, 0.5) is 0 Å². The van der Waals surface area contributed by atoms with Gasteiger partial charge in [0.15, 0.2) is 0 Å². The molecule has 0 atom stereocenters. The number of rotatable bonds is 9. The van der Waals surface area contributed by atoms with E-state index in [4.69, 9.17) is 4.74 Å². The number of para-hydroxylation sites is 1. The van der Waals surface area contributed by atoms with Crippen molar-refractivity contribution >= 4 is 0 Å². The molecule has 0 radical (unpaired) electrons. The van der Waals surface area contributed by atoms with E-state index in [0.717, 1.165) is 12.2 Å². The molecule has 3 nitrogen and oxygen atoms in total. The Bertz CT molecular complexity index is 608. The molecule has 0 unspecified atom stereocenters. The molecule has 3 heteroatoms. The van der Waals surface area contributed by atoms with E-state index in [1.165, 1.54) is 32.1 Å². The molecule has 2 aromatic carbocycles. The Hall–Kier alpha value is -2.16. The molecular weight excluding hydrogens is 288 g/mol. The zero-order valence-corrected chi connectivity index (χ0v) is 13.8. The van der Waals surface area contributed by atoms with Gasteiger partial charge in [-0.2, -0.15) is 0 Å². The van der Waals surface area contributed by atoms with Gasteiger partial charge in [-0.3, -0.25) is 0 Å². The van der Waals surface area contributed by atoms with E-state index in [0.29, 0.717) is 17.7 Å². The summed E-state index contributed by atoms with van der Waals surface area (Å²) in [6.45, 7) is 2.90. The highest BCUT2D eigenvalue weighted by atomic mass is 16.5. The van der Waals surface area contributed by atoms with E-state index in [-0.39, 0.29) is 11.5 Å². The van der Waals surface area contributed by atoms with Crippen LogP contribution < -0.4 is 4.74 Å². The summed E-state index contributed by atoms with van der Waals surface area (Å²) in [6.07, 6.45) is 7.35. The average molecular weight is 314 g/mol. The van der Waals surface area contributed by atoms with E-state index in [9.17, 15) is 10.2 Å². The summed E-state index contributed by atoms with van der Waals surface area (Å²) >= 11 is 0. The minimum absolute atomic E-state index is 0.137. The molecule has 0 saturated carbocycles. The maximum atomic E-state index is 10.0. The maximum absolute atomic E-state index is 10.0. The molecule has 124 valence electrons. The standard InChI is InChI=1S/C20H26O3/c1-2-3-4-5-6-9-14-23-16-12-13-20(22)18(15-16)17-10-7-8-11-19(17)21/h7-8,10-13,15,21-22H,2-6,9,14H2,1H3. The summed E-state index contributed by atoms with van der Waals surface area (Å²) in [5, 5.41) is 20.0. The average Bonchev–Trinajstić information content (AvgIpc) is 2.56. The Labute approximate surface area is 138 Å². The van der Waals surface area contributed by atoms with Crippen LogP contribution in [0.15, 0.2) is 42.5 Å². The number of phenols is 2. The van der Waals surface area contributed by atoms with Crippen LogP contribution in [-0.4, -0.2) is 16.8 Å². The number of phenolic OH excluding ortho intramolecular Hbond substituents is 2. The van der Waals surface area contributed by atoms with Crippen molar-refractivity contribution in [2.24, 2.45) is 0 Å². The molecule has 0 fully saturated rings. The van der Waals surface area contributed by atoms with Gasteiger partial charge in [0, 0.05) is 11.1 Å². The van der Waals surface area contributed by atoms with E-state index in [1.54, 1.807) is 36.4 Å². The van der Waals surface area contributed by atoms with Crippen molar-refractivity contribution in [2.75, 3.05) is 6.61 Å². The third kappa shape index (κ3) is 5.20. The van der Waals surface area contributed by atoms with Crippen molar-refractivity contribution in [3.05, 3.63) is 42.5 Å². The Morgan fingerprint density at radius 2 is 1.48 bits per heavy atom. The predicted molar refractivity (Wildman–Crippen MR) is 94.1 cm³/mol. The fraction of sp³-hybridized carbons (Fsp3) is 0.400. The molecule has 0 bridgehead atoms. The first-order valence-corrected chi connectivity index (χ1v) is 8.46. The summed E-state index contributed by atoms with van der Waals surface area (Å²) in [5.74, 6) is 1.00. The molecule has 0 amide bonds. The molecule has 0 aliphatic rings. The van der Waals surface area contributed by atoms with Gasteiger partial charge >= 0.3 is 0 Å². The number of aromatic hydroxyl groups is 2. The Morgan fingerprint density at radius 1 is 0.783 bits per heavy atom. The summed E-state index contributed by atoms with van der Waals surface area (Å²) < 4.78 is 5.78. The van der Waals surface area contributed by atoms with Gasteiger partial charge in [0.05, 0.1) is 6.61 Å². The van der Waals surface area contributed by atoms with Gasteiger partial charge in [-0.1, -0.05) is 57.2 Å². The van der Waals surface area contributed by atoms with E-state index in [2.05, 4.69) is 6.92 Å². The maximum Gasteiger partial charge on any atom is 0.123 e. The van der Waals surface area contributed by atoms with Crippen LogP contribution in [0.3, 0.4) is 0 Å². The van der Waals surface area contributed by atoms with Crippen LogP contribution in [0.1, 0.15) is 45.4 Å². The molecule has 2 aromatic rings. The normalized spacial score (nSPS) is 10.7. The zero-order chi connectivity index (χ0) is 16.5. The van der Waals surface area contributed by atoms with E-state index < -0.39 is 0 Å². The van der Waals surface area contributed by atoms with Crippen molar-refractivity contribution in [3.63, 3.8) is 0 Å². The third-order valence-electron chi connectivity index (χ3n) is 3.93. The summed E-state index contributed by atoms with van der Waals surface area (Å²) in [5.41, 5.74) is 1.19. The first kappa shape index (κ1) is 17.2. The van der Waals surface area contributed by atoms with Crippen LogP contribution in [-0.2, 0) is 0 Å². The molecular formula is C20H26O3. The highest BCUT2D eigenvalue weighted by Gasteiger charge is 2.10. The van der Waals surface area contributed by atoms with Gasteiger partial charge in [0.1, 0.15) is 17.2 Å². The lowest BCUT2D eigenvalue weighted by molar-refractivity contribution is 0.304. The van der Waals surface area contributed by atoms with Crippen molar-refractivity contribution in [1.82, 2.24) is 0 Å². The van der Waals surface area contributed by atoms with Crippen LogP contribution >= 0.6 is 0 Å². The second kappa shape index (κ2) is 9.09. The van der Waals surface area contributed by atoms with Crippen LogP contribution in [0.2, 0.25) is 0 Å². The van der Waals surface area contributed by atoms with Gasteiger partial charge in [-0.05, 0) is 30.7 Å². The molecule has 0 aliphatic heterocycles. The quantitative estimate of drug-likeness (QED) is 0.600. The van der Waals surface area contributed by atoms with Crippen molar-refractivity contribution in [2.45, 2.75) is 45.4 Å². The zero-order valence-electron chi connectivity index (χ0n) is 13.8. The molecule has 0 saturated heterocycles. The van der Waals surface area contributed by atoms with Gasteiger partial charge in [-0.25, -0.2) is 0 Å². The first-order chi connectivity index (χ1) is 11.2. The van der Waals surface area contributed by atoms with Crippen LogP contribution in [0, 0.1) is 0 Å². The summed E-state index contributed by atoms with van der Waals surface area (Å²) in [7, 11) is 0. The number of ether oxygens (including phenoxy) is 1. The summed E-state index contributed by atoms with van der Waals surface area (Å²) in [4.78, 5) is 0. The first-order valence-electron chi connectivity index (χ1n) is 8.46. The second-order valence-electron chi connectivity index (χ2n) is 5.81. The fourth-order valence-electron chi connectivity index (χ4n) is 2.59. The SMILES string of the molecule is CCCCCCCCOc1ccc(O)c(-c2ccccc2O)c1. The minimum atomic E-state index is 0.137. The van der Waals surface area contributed by atoms with Crippen LogP contribution in [0.25, 0.3) is 11.1 Å². The number of hydrogen-bond acceptors (Lipinski definition) is 3. The van der Waals surface area contributed by atoms with Gasteiger partial charge in [0.2, 0.25) is 0 Å². The lowest BCUT2D eigenvalue weighted by Gasteiger charge is -2.11. The number of hydrogen-bond donors (Lipinski definition) is 2. The lowest BCUT2D eigenvalue weighted by Crippen LogP contribution is -1.97. The minimum Gasteiger partial charge on any atom is -0.507 e. The Kier molecular flexibility index (Phi) is 6.79. The number of benzene rings is 2. The smallest absolute Gasteiger partial charge is 0.123 e. The number of unbranched alkanes of at least 4 members (excludes halogenated alkanes) is 5. The molecule has 2 rings (SSSR count). The molecule has 0 spiro atoms. The predicted octanol–water partition coefficient (Wildman–Crippen LogP) is 5.50. The fourth-order valence-corrected chi connectivity index (χ4v) is 2.59. The highest BCUT2D eigenvalue weighted by Crippen LogP contribution is 2.37. The van der Waals surface area contributed by atoms with Crippen LogP contribution in [0.5, 0.6) is 17.2 Å². The van der Waals surface area contributed by atoms with E-state index in [1.807, 2.05) is 6.07 Å². The Morgan fingerprint density at radius 3 is 2.26 bits per heavy atom. The molecule has 0 aliphatic carbocycles. The largest absolute Gasteiger partial charge is 0.507 e. The van der Waals surface area contributed by atoms with Gasteiger partial charge < -0.3 is 14.9 Å². The molecule has 0 aromatic heterocycles. The molecule has 23 heavy (non-hydrogen) atoms. The molecule has 0 heterocycles. The summed E-state index contributed by atoms with van der Waals surface area (Å²) in [6, 6.07) is 12.1. The highest BCUT2D eigenvalue weighted by molar-refractivity contribution is 5.76. The van der Waals surface area contributed by atoms with E-state index >= 15 is 0 Å². The Balaban J connectivity index is 1.92. The van der Waals surface area contributed by atoms with Crippen molar-refractivity contribution < 1.29 is 14.9 Å². The van der Waals surface area contributed by atoms with Gasteiger partial charge in [-0.15, -0.1) is 0 Å². The van der Waals surface area contributed by atoms with Crippen molar-refractivity contribution in [1.29, 1.82) is 0 Å². The molecule has 2 N–H and O–H groups in total.